The third-order valence-corrected chi connectivity index (χ3v) is 6.02. The highest BCUT2D eigenvalue weighted by atomic mass is 16.5. The number of piperazine rings is 1. The van der Waals surface area contributed by atoms with E-state index in [-0.39, 0.29) is 23.9 Å². The lowest BCUT2D eigenvalue weighted by Crippen LogP contribution is -3.13. The van der Waals surface area contributed by atoms with Crippen LogP contribution < -0.4 is 14.7 Å². The third-order valence-electron chi connectivity index (χ3n) is 6.02. The smallest absolute Gasteiger partial charge is 0.232 e. The van der Waals surface area contributed by atoms with Crippen molar-refractivity contribution in [3.63, 3.8) is 0 Å². The molecule has 0 bridgehead atoms. The molecule has 0 aliphatic carbocycles. The monoisotopic (exact) mass is 420 g/mol. The zero-order valence-electron chi connectivity index (χ0n) is 17.1. The van der Waals surface area contributed by atoms with Crippen LogP contribution in [0.3, 0.4) is 0 Å². The van der Waals surface area contributed by atoms with Crippen molar-refractivity contribution in [1.82, 2.24) is 4.90 Å². The van der Waals surface area contributed by atoms with Gasteiger partial charge in [-0.3, -0.25) is 9.69 Å². The van der Waals surface area contributed by atoms with Crippen LogP contribution in [0.4, 0.5) is 0 Å². The van der Waals surface area contributed by atoms with Crippen LogP contribution in [0.2, 0.25) is 0 Å². The first-order valence-corrected chi connectivity index (χ1v) is 10.5. The molecule has 0 amide bonds. The van der Waals surface area contributed by atoms with Crippen LogP contribution in [0.5, 0.6) is 11.5 Å². The van der Waals surface area contributed by atoms with E-state index in [0.29, 0.717) is 35.7 Å². The number of carbonyl (C=O) groups excluding carboxylic acids is 1. The lowest BCUT2D eigenvalue weighted by atomic mass is 10.0. The molecule has 7 nitrogen and oxygen atoms in total. The number of hydrogen-bond donors (Lipinski definition) is 2. The number of benzene rings is 2. The molecular formula is C24H24N2O5. The van der Waals surface area contributed by atoms with Gasteiger partial charge in [0.15, 0.2) is 5.76 Å². The van der Waals surface area contributed by atoms with Gasteiger partial charge in [-0.1, -0.05) is 30.0 Å². The third kappa shape index (κ3) is 3.83. The molecule has 7 heteroatoms. The summed E-state index contributed by atoms with van der Waals surface area (Å²) in [5.74, 6) is 0.738. The summed E-state index contributed by atoms with van der Waals surface area (Å²) in [4.78, 5) is 16.4. The van der Waals surface area contributed by atoms with Gasteiger partial charge in [0.05, 0.1) is 25.3 Å². The Morgan fingerprint density at radius 2 is 1.97 bits per heavy atom. The van der Waals surface area contributed by atoms with Gasteiger partial charge in [0.1, 0.15) is 23.6 Å². The fourth-order valence-corrected chi connectivity index (χ4v) is 4.32. The van der Waals surface area contributed by atoms with Gasteiger partial charge in [-0.2, -0.15) is 0 Å². The fraction of sp³-hybridized carbons (Fsp3) is 0.292. The molecule has 2 aliphatic heterocycles. The number of β-amino-alcohol motifs (C(OH)–C–C–N with tert-alkyl or cyclic N) is 1. The maximum absolute atomic E-state index is 12.9. The summed E-state index contributed by atoms with van der Waals surface area (Å²) >= 11 is 0. The molecule has 0 radical (unpaired) electrons. The van der Waals surface area contributed by atoms with Gasteiger partial charge in [-0.05, 0) is 18.2 Å². The van der Waals surface area contributed by atoms with Crippen molar-refractivity contribution in [2.45, 2.75) is 6.54 Å². The molecule has 2 aliphatic rings. The highest BCUT2D eigenvalue weighted by molar-refractivity contribution is 6.14. The lowest BCUT2D eigenvalue weighted by Gasteiger charge is -2.32. The summed E-state index contributed by atoms with van der Waals surface area (Å²) in [6, 6.07) is 12.5. The van der Waals surface area contributed by atoms with E-state index in [9.17, 15) is 9.90 Å². The normalized spacial score (nSPS) is 18.6. The second-order valence-electron chi connectivity index (χ2n) is 8.04. The molecule has 0 spiro atoms. The van der Waals surface area contributed by atoms with Crippen LogP contribution in [0, 0.1) is 0 Å². The Hall–Kier alpha value is -3.13. The molecule has 0 atom stereocenters. The van der Waals surface area contributed by atoms with Crippen molar-refractivity contribution in [2.75, 3.05) is 39.3 Å². The minimum atomic E-state index is -0.237. The zero-order valence-corrected chi connectivity index (χ0v) is 17.1. The highest BCUT2D eigenvalue weighted by Crippen LogP contribution is 2.38. The number of ketones is 1. The highest BCUT2D eigenvalue weighted by Gasteiger charge is 2.32. The Labute approximate surface area is 179 Å². The predicted octanol–water partition coefficient (Wildman–Crippen LogP) is 0.815. The molecular weight excluding hydrogens is 396 g/mol. The number of aliphatic hydroxyl groups is 1. The molecule has 0 unspecified atom stereocenters. The van der Waals surface area contributed by atoms with E-state index in [1.54, 1.807) is 12.1 Å². The average molecular weight is 420 g/mol. The Kier molecular flexibility index (Phi) is 5.23. The number of hydrogen-bond acceptors (Lipinski definition) is 6. The van der Waals surface area contributed by atoms with Crippen molar-refractivity contribution < 1.29 is 29.1 Å². The molecule has 2 aromatic carbocycles. The SMILES string of the molecule is O=C1/C(=C/c2cc3ccccc3o2)Oc2c1ccc([O-])c2C[NH+]1CCN(CCO)CC1. The molecule has 3 heterocycles. The maximum atomic E-state index is 12.9. The van der Waals surface area contributed by atoms with E-state index in [1.807, 2.05) is 30.3 Å². The van der Waals surface area contributed by atoms with Crippen LogP contribution in [0.1, 0.15) is 21.7 Å². The Bertz CT molecular complexity index is 1120. The number of rotatable bonds is 5. The first kappa shape index (κ1) is 19.8. The lowest BCUT2D eigenvalue weighted by molar-refractivity contribution is -0.918. The van der Waals surface area contributed by atoms with Crippen LogP contribution in [0.25, 0.3) is 17.0 Å². The summed E-state index contributed by atoms with van der Waals surface area (Å²) in [7, 11) is 0. The number of allylic oxidation sites excluding steroid dienone is 1. The van der Waals surface area contributed by atoms with Gasteiger partial charge in [-0.15, -0.1) is 0 Å². The maximum Gasteiger partial charge on any atom is 0.232 e. The van der Waals surface area contributed by atoms with E-state index >= 15 is 0 Å². The first-order valence-electron chi connectivity index (χ1n) is 10.5. The number of quaternary nitrogens is 1. The van der Waals surface area contributed by atoms with Gasteiger partial charge in [0.25, 0.3) is 0 Å². The van der Waals surface area contributed by atoms with Crippen molar-refractivity contribution in [3.8, 4) is 11.5 Å². The van der Waals surface area contributed by atoms with Gasteiger partial charge in [0.2, 0.25) is 5.78 Å². The summed E-state index contributed by atoms with van der Waals surface area (Å²) in [5.41, 5.74) is 1.71. The number of Topliss-reactive ketones (excluding diaryl/α,β-unsaturated/α-hetero) is 1. The van der Waals surface area contributed by atoms with Crippen molar-refractivity contribution >= 4 is 22.8 Å². The van der Waals surface area contributed by atoms with Gasteiger partial charge in [0, 0.05) is 36.7 Å². The topological polar surface area (TPSA) is 90.4 Å². The number of carbonyl (C=O) groups is 1. The minimum Gasteiger partial charge on any atom is -0.872 e. The number of fused-ring (bicyclic) bond motifs is 2. The number of ether oxygens (including phenoxy) is 1. The van der Waals surface area contributed by atoms with Crippen LogP contribution in [-0.4, -0.2) is 55.1 Å². The summed E-state index contributed by atoms with van der Waals surface area (Å²) in [6.45, 7) is 4.83. The van der Waals surface area contributed by atoms with E-state index < -0.39 is 0 Å². The van der Waals surface area contributed by atoms with Crippen LogP contribution in [-0.2, 0) is 6.54 Å². The first-order chi connectivity index (χ1) is 15.1. The molecule has 1 fully saturated rings. The molecule has 1 saturated heterocycles. The average Bonchev–Trinajstić information content (AvgIpc) is 3.32. The van der Waals surface area contributed by atoms with Crippen LogP contribution in [0.15, 0.2) is 52.6 Å². The Balaban J connectivity index is 1.38. The van der Waals surface area contributed by atoms with Gasteiger partial charge >= 0.3 is 0 Å². The molecule has 1 aromatic heterocycles. The van der Waals surface area contributed by atoms with Gasteiger partial charge in [-0.25, -0.2) is 0 Å². The second-order valence-corrected chi connectivity index (χ2v) is 8.04. The minimum absolute atomic E-state index is 0.109. The molecule has 0 saturated carbocycles. The van der Waals surface area contributed by atoms with Crippen LogP contribution >= 0.6 is 0 Å². The molecule has 3 aromatic rings. The molecule has 31 heavy (non-hydrogen) atoms. The molecule has 5 rings (SSSR count). The quantitative estimate of drug-likeness (QED) is 0.594. The summed E-state index contributed by atoms with van der Waals surface area (Å²) < 4.78 is 11.7. The molecule has 160 valence electrons. The second kappa shape index (κ2) is 8.19. The predicted molar refractivity (Wildman–Crippen MR) is 113 cm³/mol. The fourth-order valence-electron chi connectivity index (χ4n) is 4.32. The zero-order chi connectivity index (χ0) is 21.4. The standard InChI is InChI=1S/C24H24N2O5/c27-12-11-25-7-9-26(10-8-25)15-19-20(28)6-5-18-23(29)22(31-24(18)19)14-17-13-16-3-1-2-4-21(16)30-17/h1-6,13-14,27-28H,7-12,15H2/b22-14-. The van der Waals surface area contributed by atoms with Gasteiger partial charge < -0.3 is 24.3 Å². The van der Waals surface area contributed by atoms with E-state index in [0.717, 1.165) is 37.1 Å². The number of furan rings is 1. The Morgan fingerprint density at radius 3 is 2.74 bits per heavy atom. The number of nitrogens with zero attached hydrogens (tertiary/aromatic N) is 1. The number of para-hydroxylation sites is 1. The molecule has 2 N–H and O–H groups in total. The van der Waals surface area contributed by atoms with Crippen molar-refractivity contribution in [1.29, 1.82) is 0 Å². The largest absolute Gasteiger partial charge is 0.872 e. The van der Waals surface area contributed by atoms with E-state index in [4.69, 9.17) is 14.3 Å². The van der Waals surface area contributed by atoms with Crippen molar-refractivity contribution in [2.24, 2.45) is 0 Å². The van der Waals surface area contributed by atoms with Crippen molar-refractivity contribution in [3.05, 3.63) is 65.1 Å². The Morgan fingerprint density at radius 1 is 1.16 bits per heavy atom. The van der Waals surface area contributed by atoms with E-state index in [2.05, 4.69) is 4.90 Å². The summed E-state index contributed by atoms with van der Waals surface area (Å²) in [6.07, 6.45) is 1.59. The van der Waals surface area contributed by atoms with E-state index in [1.165, 1.54) is 11.0 Å². The number of nitrogens with one attached hydrogen (secondary N) is 1. The number of aliphatic hydroxyl groups excluding tert-OH is 1. The summed E-state index contributed by atoms with van der Waals surface area (Å²) in [5, 5.41) is 22.7.